The second kappa shape index (κ2) is 6.20. The van der Waals surface area contributed by atoms with Crippen LogP contribution in [0.5, 0.6) is 11.5 Å². The van der Waals surface area contributed by atoms with Gasteiger partial charge in [-0.1, -0.05) is 18.2 Å². The lowest BCUT2D eigenvalue weighted by Crippen LogP contribution is -1.99. The van der Waals surface area contributed by atoms with E-state index in [0.717, 1.165) is 16.9 Å². The molecule has 0 aliphatic carbocycles. The zero-order valence-corrected chi connectivity index (χ0v) is 10.7. The zero-order chi connectivity index (χ0) is 13.7. The van der Waals surface area contributed by atoms with Crippen LogP contribution in [0.3, 0.4) is 0 Å². The van der Waals surface area contributed by atoms with E-state index in [2.05, 4.69) is 0 Å². The molecule has 0 radical (unpaired) electrons. The van der Waals surface area contributed by atoms with Crippen molar-refractivity contribution < 1.29 is 13.9 Å². The number of hydrogen-bond acceptors (Lipinski definition) is 3. The lowest BCUT2D eigenvalue weighted by molar-refractivity contribution is 0.304. The summed E-state index contributed by atoms with van der Waals surface area (Å²) in [4.78, 5) is 0. The Labute approximate surface area is 111 Å². The second-order valence-electron chi connectivity index (χ2n) is 4.11. The molecule has 0 aliphatic heterocycles. The quantitative estimate of drug-likeness (QED) is 0.900. The van der Waals surface area contributed by atoms with Gasteiger partial charge in [-0.05, 0) is 35.4 Å². The van der Waals surface area contributed by atoms with E-state index in [-0.39, 0.29) is 11.6 Å². The Morgan fingerprint density at radius 1 is 1.11 bits per heavy atom. The molecule has 0 aliphatic rings. The van der Waals surface area contributed by atoms with Gasteiger partial charge in [0.1, 0.15) is 12.4 Å². The number of methoxy groups -OCH3 is 1. The molecule has 0 fully saturated rings. The van der Waals surface area contributed by atoms with Gasteiger partial charge in [-0.15, -0.1) is 0 Å². The summed E-state index contributed by atoms with van der Waals surface area (Å²) in [7, 11) is 1.44. The highest BCUT2D eigenvalue weighted by Crippen LogP contribution is 2.19. The van der Waals surface area contributed by atoms with Gasteiger partial charge in [-0.2, -0.15) is 0 Å². The van der Waals surface area contributed by atoms with Crippen LogP contribution in [0.15, 0.2) is 42.5 Å². The van der Waals surface area contributed by atoms with Gasteiger partial charge in [0.25, 0.3) is 0 Å². The molecule has 19 heavy (non-hydrogen) atoms. The van der Waals surface area contributed by atoms with Crippen molar-refractivity contribution in [3.05, 3.63) is 59.4 Å². The highest BCUT2D eigenvalue weighted by atomic mass is 19.1. The molecule has 0 aromatic heterocycles. The van der Waals surface area contributed by atoms with Crippen LogP contribution in [-0.2, 0) is 13.2 Å². The average Bonchev–Trinajstić information content (AvgIpc) is 2.45. The minimum absolute atomic E-state index is 0.230. The molecular weight excluding hydrogens is 245 g/mol. The largest absolute Gasteiger partial charge is 0.494 e. The van der Waals surface area contributed by atoms with Crippen LogP contribution in [0.25, 0.3) is 0 Å². The Bertz CT molecular complexity index is 558. The third kappa shape index (κ3) is 3.45. The second-order valence-corrected chi connectivity index (χ2v) is 4.11. The Balaban J connectivity index is 2.03. The summed E-state index contributed by atoms with van der Waals surface area (Å²) in [5, 5.41) is 0. The molecule has 0 saturated carbocycles. The van der Waals surface area contributed by atoms with Crippen LogP contribution in [-0.4, -0.2) is 7.11 Å². The monoisotopic (exact) mass is 261 g/mol. The molecular formula is C15H16FNO2. The molecule has 2 rings (SSSR count). The van der Waals surface area contributed by atoms with Gasteiger partial charge in [0.15, 0.2) is 11.6 Å². The SMILES string of the molecule is COc1ccc(COc2cccc(CN)c2)cc1F. The maximum atomic E-state index is 13.5. The maximum Gasteiger partial charge on any atom is 0.165 e. The van der Waals surface area contributed by atoms with Crippen molar-refractivity contribution in [3.8, 4) is 11.5 Å². The molecule has 0 unspecified atom stereocenters. The number of benzene rings is 2. The summed E-state index contributed by atoms with van der Waals surface area (Å²) < 4.78 is 24.0. The molecule has 2 N–H and O–H groups in total. The highest BCUT2D eigenvalue weighted by Gasteiger charge is 2.04. The Morgan fingerprint density at radius 2 is 1.95 bits per heavy atom. The fourth-order valence-electron chi connectivity index (χ4n) is 1.73. The molecule has 0 saturated heterocycles. The zero-order valence-electron chi connectivity index (χ0n) is 10.7. The Kier molecular flexibility index (Phi) is 4.36. The fourth-order valence-corrected chi connectivity index (χ4v) is 1.73. The van der Waals surface area contributed by atoms with Crippen LogP contribution in [0.4, 0.5) is 4.39 Å². The summed E-state index contributed by atoms with van der Waals surface area (Å²) >= 11 is 0. The van der Waals surface area contributed by atoms with E-state index in [0.29, 0.717) is 13.2 Å². The summed E-state index contributed by atoms with van der Waals surface area (Å²) in [6.45, 7) is 0.767. The first-order valence-corrected chi connectivity index (χ1v) is 5.97. The van der Waals surface area contributed by atoms with E-state index in [4.69, 9.17) is 15.2 Å². The van der Waals surface area contributed by atoms with Gasteiger partial charge in [0.2, 0.25) is 0 Å². The topological polar surface area (TPSA) is 44.5 Å². The van der Waals surface area contributed by atoms with Gasteiger partial charge in [0.05, 0.1) is 7.11 Å². The number of ether oxygens (including phenoxy) is 2. The third-order valence-electron chi connectivity index (χ3n) is 2.76. The number of halogens is 1. The van der Waals surface area contributed by atoms with Gasteiger partial charge < -0.3 is 15.2 Å². The molecule has 0 atom stereocenters. The molecule has 100 valence electrons. The van der Waals surface area contributed by atoms with Crippen LogP contribution in [0, 0.1) is 5.82 Å². The van der Waals surface area contributed by atoms with E-state index in [1.807, 2.05) is 24.3 Å². The molecule has 3 nitrogen and oxygen atoms in total. The third-order valence-corrected chi connectivity index (χ3v) is 2.76. The van der Waals surface area contributed by atoms with E-state index in [1.54, 1.807) is 12.1 Å². The average molecular weight is 261 g/mol. The standard InChI is InChI=1S/C15H16FNO2/c1-18-15-6-5-12(8-14(15)16)10-19-13-4-2-3-11(7-13)9-17/h2-8H,9-10,17H2,1H3. The van der Waals surface area contributed by atoms with Crippen molar-refractivity contribution in [2.24, 2.45) is 5.73 Å². The first-order valence-electron chi connectivity index (χ1n) is 5.97. The first kappa shape index (κ1) is 13.4. The van der Waals surface area contributed by atoms with Crippen LogP contribution >= 0.6 is 0 Å². The van der Waals surface area contributed by atoms with Gasteiger partial charge in [0, 0.05) is 6.54 Å². The number of nitrogens with two attached hydrogens (primary N) is 1. The molecule has 0 heterocycles. The minimum Gasteiger partial charge on any atom is -0.494 e. The Morgan fingerprint density at radius 3 is 2.63 bits per heavy atom. The van der Waals surface area contributed by atoms with Crippen molar-refractivity contribution in [1.29, 1.82) is 0 Å². The Hall–Kier alpha value is -2.07. The summed E-state index contributed by atoms with van der Waals surface area (Å²) in [6, 6.07) is 12.3. The predicted octanol–water partition coefficient (Wildman–Crippen LogP) is 2.87. The van der Waals surface area contributed by atoms with E-state index >= 15 is 0 Å². The molecule has 2 aromatic carbocycles. The highest BCUT2D eigenvalue weighted by molar-refractivity contribution is 5.31. The molecule has 0 spiro atoms. The predicted molar refractivity (Wildman–Crippen MR) is 71.6 cm³/mol. The number of hydrogen-bond donors (Lipinski definition) is 1. The van der Waals surface area contributed by atoms with E-state index in [9.17, 15) is 4.39 Å². The lowest BCUT2D eigenvalue weighted by Gasteiger charge is -2.08. The molecule has 0 amide bonds. The smallest absolute Gasteiger partial charge is 0.165 e. The van der Waals surface area contributed by atoms with Crippen molar-refractivity contribution in [2.45, 2.75) is 13.2 Å². The fraction of sp³-hybridized carbons (Fsp3) is 0.200. The molecule has 4 heteroatoms. The minimum atomic E-state index is -0.390. The molecule has 0 bridgehead atoms. The summed E-state index contributed by atoms with van der Waals surface area (Å²) in [6.07, 6.45) is 0. The normalized spacial score (nSPS) is 10.3. The summed E-state index contributed by atoms with van der Waals surface area (Å²) in [5.74, 6) is 0.562. The number of rotatable bonds is 5. The maximum absolute atomic E-state index is 13.5. The van der Waals surface area contributed by atoms with Crippen molar-refractivity contribution in [2.75, 3.05) is 7.11 Å². The van der Waals surface area contributed by atoms with Gasteiger partial charge in [-0.3, -0.25) is 0 Å². The van der Waals surface area contributed by atoms with E-state index in [1.165, 1.54) is 13.2 Å². The first-order chi connectivity index (χ1) is 9.22. The van der Waals surface area contributed by atoms with Crippen molar-refractivity contribution in [3.63, 3.8) is 0 Å². The molecule has 2 aromatic rings. The van der Waals surface area contributed by atoms with Crippen LogP contribution in [0.2, 0.25) is 0 Å². The summed E-state index contributed by atoms with van der Waals surface area (Å²) in [5.41, 5.74) is 7.30. The van der Waals surface area contributed by atoms with Crippen LogP contribution in [0.1, 0.15) is 11.1 Å². The van der Waals surface area contributed by atoms with Gasteiger partial charge in [-0.25, -0.2) is 4.39 Å². The van der Waals surface area contributed by atoms with Crippen LogP contribution < -0.4 is 15.2 Å². The van der Waals surface area contributed by atoms with Gasteiger partial charge >= 0.3 is 0 Å². The van der Waals surface area contributed by atoms with E-state index < -0.39 is 0 Å². The van der Waals surface area contributed by atoms with Crippen molar-refractivity contribution >= 4 is 0 Å². The lowest BCUT2D eigenvalue weighted by atomic mass is 10.2. The van der Waals surface area contributed by atoms with Crippen molar-refractivity contribution in [1.82, 2.24) is 0 Å².